The van der Waals surface area contributed by atoms with Gasteiger partial charge in [-0.1, -0.05) is 60.7 Å². The Morgan fingerprint density at radius 3 is 2.52 bits per heavy atom. The lowest BCUT2D eigenvalue weighted by molar-refractivity contribution is -0.140. The summed E-state index contributed by atoms with van der Waals surface area (Å²) in [5, 5.41) is 12.9. The molecule has 1 aliphatic rings. The Kier molecular flexibility index (Phi) is 5.82. The molecule has 1 aliphatic heterocycles. The predicted octanol–water partition coefficient (Wildman–Crippen LogP) is 4.44. The average molecular weight is 419 g/mol. The van der Waals surface area contributed by atoms with Crippen LogP contribution in [0.2, 0.25) is 0 Å². The van der Waals surface area contributed by atoms with E-state index in [0.29, 0.717) is 18.6 Å². The Balaban J connectivity index is 1.92. The maximum atomic E-state index is 14.8. The van der Waals surface area contributed by atoms with Gasteiger partial charge in [0.25, 0.3) is 11.7 Å². The minimum atomic E-state index is -1.02. The van der Waals surface area contributed by atoms with Crippen LogP contribution in [0.5, 0.6) is 0 Å². The van der Waals surface area contributed by atoms with Gasteiger partial charge in [0.2, 0.25) is 0 Å². The molecule has 0 radical (unpaired) electrons. The van der Waals surface area contributed by atoms with Gasteiger partial charge in [0.15, 0.2) is 0 Å². The molecule has 0 aliphatic carbocycles. The highest BCUT2D eigenvalue weighted by molar-refractivity contribution is 6.46. The third-order valence-corrected chi connectivity index (χ3v) is 5.53. The van der Waals surface area contributed by atoms with Gasteiger partial charge < -0.3 is 14.7 Å². The van der Waals surface area contributed by atoms with E-state index in [0.717, 1.165) is 10.8 Å². The third-order valence-electron chi connectivity index (χ3n) is 5.53. The fourth-order valence-electron chi connectivity index (χ4n) is 4.09. The number of carbonyl (C=O) groups excluding carboxylic acids is 2. The average Bonchev–Trinajstić information content (AvgIpc) is 3.03. The molecule has 3 aromatic carbocycles. The summed E-state index contributed by atoms with van der Waals surface area (Å²) in [6.07, 6.45) is 0.475. The number of carbonyl (C=O) groups is 2. The van der Waals surface area contributed by atoms with E-state index < -0.39 is 23.5 Å². The number of hydrogen-bond donors (Lipinski definition) is 1. The Bertz CT molecular complexity index is 1180. The van der Waals surface area contributed by atoms with Crippen LogP contribution in [-0.4, -0.2) is 42.0 Å². The van der Waals surface area contributed by atoms with Gasteiger partial charge in [-0.15, -0.1) is 0 Å². The second-order valence-electron chi connectivity index (χ2n) is 7.39. The van der Waals surface area contributed by atoms with E-state index in [1.54, 1.807) is 31.4 Å². The summed E-state index contributed by atoms with van der Waals surface area (Å²) in [6, 6.07) is 17.8. The van der Waals surface area contributed by atoms with Crippen molar-refractivity contribution in [3.05, 3.63) is 89.2 Å². The van der Waals surface area contributed by atoms with E-state index >= 15 is 0 Å². The fourth-order valence-corrected chi connectivity index (χ4v) is 4.09. The van der Waals surface area contributed by atoms with Crippen LogP contribution in [0.3, 0.4) is 0 Å². The van der Waals surface area contributed by atoms with E-state index in [-0.39, 0.29) is 23.4 Å². The summed E-state index contributed by atoms with van der Waals surface area (Å²) >= 11 is 0. The number of halogens is 1. The number of aliphatic hydroxyl groups excluding tert-OH is 1. The van der Waals surface area contributed by atoms with Crippen LogP contribution < -0.4 is 0 Å². The van der Waals surface area contributed by atoms with Gasteiger partial charge in [-0.2, -0.15) is 0 Å². The number of methoxy groups -OCH3 is 1. The number of ether oxygens (including phenoxy) is 1. The summed E-state index contributed by atoms with van der Waals surface area (Å²) in [6.45, 7) is 0.583. The van der Waals surface area contributed by atoms with E-state index in [9.17, 15) is 19.1 Å². The molecule has 1 atom stereocenters. The van der Waals surface area contributed by atoms with Gasteiger partial charge in [0, 0.05) is 31.4 Å². The first-order valence-corrected chi connectivity index (χ1v) is 10.0. The number of fused-ring (bicyclic) bond motifs is 1. The summed E-state index contributed by atoms with van der Waals surface area (Å²) < 4.78 is 19.8. The molecule has 1 unspecified atom stereocenters. The van der Waals surface area contributed by atoms with Gasteiger partial charge in [-0.3, -0.25) is 9.59 Å². The highest BCUT2D eigenvalue weighted by Gasteiger charge is 2.46. The third kappa shape index (κ3) is 3.70. The topological polar surface area (TPSA) is 66.8 Å². The maximum Gasteiger partial charge on any atom is 0.295 e. The van der Waals surface area contributed by atoms with Crippen LogP contribution in [0.15, 0.2) is 72.3 Å². The molecule has 1 amide bonds. The van der Waals surface area contributed by atoms with Crippen molar-refractivity contribution < 1.29 is 23.8 Å². The highest BCUT2D eigenvalue weighted by Crippen LogP contribution is 2.41. The molecule has 1 heterocycles. The highest BCUT2D eigenvalue weighted by atomic mass is 19.1. The number of amides is 1. The zero-order chi connectivity index (χ0) is 22.0. The fraction of sp³-hybridized carbons (Fsp3) is 0.200. The zero-order valence-electron chi connectivity index (χ0n) is 17.0. The first kappa shape index (κ1) is 20.8. The number of benzene rings is 3. The van der Waals surface area contributed by atoms with Gasteiger partial charge in [0.05, 0.1) is 11.6 Å². The molecule has 0 aromatic heterocycles. The lowest BCUT2D eigenvalue weighted by Gasteiger charge is -2.25. The van der Waals surface area contributed by atoms with Gasteiger partial charge in [-0.25, -0.2) is 4.39 Å². The summed E-state index contributed by atoms with van der Waals surface area (Å²) in [5.74, 6) is -2.44. The molecule has 1 fully saturated rings. The van der Waals surface area contributed by atoms with Crippen LogP contribution in [0, 0.1) is 5.82 Å². The van der Waals surface area contributed by atoms with Crippen molar-refractivity contribution in [1.29, 1.82) is 0 Å². The van der Waals surface area contributed by atoms with Crippen molar-refractivity contribution in [3.63, 3.8) is 0 Å². The van der Waals surface area contributed by atoms with Gasteiger partial charge >= 0.3 is 0 Å². The first-order chi connectivity index (χ1) is 15.0. The lowest BCUT2D eigenvalue weighted by Crippen LogP contribution is -2.31. The molecule has 6 heteroatoms. The van der Waals surface area contributed by atoms with Crippen LogP contribution in [0.4, 0.5) is 4.39 Å². The number of aliphatic hydroxyl groups is 1. The molecule has 158 valence electrons. The minimum absolute atomic E-state index is 0.108. The standard InChI is InChI=1S/C25H22FNO4/c1-31-15-7-14-27-22(19-11-4-5-13-20(19)26)21(24(29)25(27)30)23(28)18-12-6-9-16-8-2-3-10-17(16)18/h2-6,8-13,22,28H,7,14-15H2,1H3/b23-21+. The van der Waals surface area contributed by atoms with E-state index in [4.69, 9.17) is 4.74 Å². The summed E-state index contributed by atoms with van der Waals surface area (Å²) in [5.41, 5.74) is 0.485. The summed E-state index contributed by atoms with van der Waals surface area (Å²) in [4.78, 5) is 27.2. The Labute approximate surface area is 179 Å². The van der Waals surface area contributed by atoms with E-state index in [2.05, 4.69) is 0 Å². The lowest BCUT2D eigenvalue weighted by atomic mass is 9.93. The predicted molar refractivity (Wildman–Crippen MR) is 116 cm³/mol. The van der Waals surface area contributed by atoms with Crippen LogP contribution >= 0.6 is 0 Å². The molecule has 0 spiro atoms. The largest absolute Gasteiger partial charge is 0.507 e. The Hall–Kier alpha value is -3.51. The van der Waals surface area contributed by atoms with Crippen LogP contribution in [0.1, 0.15) is 23.6 Å². The molecule has 0 saturated carbocycles. The second-order valence-corrected chi connectivity index (χ2v) is 7.39. The monoisotopic (exact) mass is 419 g/mol. The Morgan fingerprint density at radius 1 is 1.03 bits per heavy atom. The first-order valence-electron chi connectivity index (χ1n) is 10.0. The van der Waals surface area contributed by atoms with Crippen molar-refractivity contribution in [1.82, 2.24) is 4.90 Å². The molecule has 4 rings (SSSR count). The SMILES string of the molecule is COCCCN1C(=O)C(=O)/C(=C(/O)c2cccc3ccccc23)C1c1ccccc1F. The van der Waals surface area contributed by atoms with Crippen molar-refractivity contribution in [3.8, 4) is 0 Å². The molecule has 5 nitrogen and oxygen atoms in total. The number of hydrogen-bond acceptors (Lipinski definition) is 4. The van der Waals surface area contributed by atoms with Crippen LogP contribution in [-0.2, 0) is 14.3 Å². The van der Waals surface area contributed by atoms with Crippen molar-refractivity contribution in [2.75, 3.05) is 20.3 Å². The molecular formula is C25H22FNO4. The molecular weight excluding hydrogens is 397 g/mol. The molecule has 1 saturated heterocycles. The number of nitrogens with zero attached hydrogens (tertiary/aromatic N) is 1. The number of likely N-dealkylation sites (tertiary alicyclic amines) is 1. The normalized spacial score (nSPS) is 18.1. The van der Waals surface area contributed by atoms with E-state index in [1.165, 1.54) is 17.0 Å². The number of ketones is 1. The zero-order valence-corrected chi connectivity index (χ0v) is 17.0. The van der Waals surface area contributed by atoms with Gasteiger partial charge in [0.1, 0.15) is 11.6 Å². The van der Waals surface area contributed by atoms with Crippen molar-refractivity contribution >= 4 is 28.2 Å². The second kappa shape index (κ2) is 8.70. The molecule has 0 bridgehead atoms. The van der Waals surface area contributed by atoms with Crippen molar-refractivity contribution in [2.24, 2.45) is 0 Å². The molecule has 1 N–H and O–H groups in total. The quantitative estimate of drug-likeness (QED) is 0.278. The number of Topliss-reactive ketones (excluding diaryl/α,β-unsaturated/α-hetero) is 1. The minimum Gasteiger partial charge on any atom is -0.507 e. The summed E-state index contributed by atoms with van der Waals surface area (Å²) in [7, 11) is 1.54. The van der Waals surface area contributed by atoms with E-state index in [1.807, 2.05) is 30.3 Å². The Morgan fingerprint density at radius 2 is 1.74 bits per heavy atom. The number of rotatable bonds is 6. The van der Waals surface area contributed by atoms with Crippen molar-refractivity contribution in [2.45, 2.75) is 12.5 Å². The smallest absolute Gasteiger partial charge is 0.295 e. The van der Waals surface area contributed by atoms with Crippen LogP contribution in [0.25, 0.3) is 16.5 Å². The van der Waals surface area contributed by atoms with Gasteiger partial charge in [-0.05, 0) is 23.3 Å². The molecule has 31 heavy (non-hydrogen) atoms. The maximum absolute atomic E-state index is 14.8. The molecule has 3 aromatic rings.